The first-order valence-electron chi connectivity index (χ1n) is 23.1. The fourth-order valence-corrected chi connectivity index (χ4v) is 7.55. The van der Waals surface area contributed by atoms with Crippen LogP contribution in [-0.2, 0) is 42.7 Å². The third-order valence-electron chi connectivity index (χ3n) is 11.5. The molecule has 2 fully saturated rings. The minimum Gasteiger partial charge on any atom is -0.497 e. The van der Waals surface area contributed by atoms with E-state index in [1.165, 1.54) is 80.4 Å². The summed E-state index contributed by atoms with van der Waals surface area (Å²) in [6.45, 7) is 16.3. The van der Waals surface area contributed by atoms with Crippen LogP contribution < -0.4 is 18.9 Å². The zero-order chi connectivity index (χ0) is 52.9. The molecular weight excluding hydrogens is 950 g/mol. The lowest BCUT2D eigenvalue weighted by molar-refractivity contribution is -0.152. The summed E-state index contributed by atoms with van der Waals surface area (Å²) in [5, 5.41) is 10.7. The fraction of sp³-hybridized carbons (Fsp3) is 0.558. The van der Waals surface area contributed by atoms with Gasteiger partial charge in [0.05, 0.1) is 26.4 Å². The van der Waals surface area contributed by atoms with Gasteiger partial charge in [-0.25, -0.2) is 18.4 Å². The van der Waals surface area contributed by atoms with Gasteiger partial charge in [0.2, 0.25) is 0 Å². The van der Waals surface area contributed by atoms with Gasteiger partial charge in [-0.3, -0.25) is 4.79 Å². The Morgan fingerprint density at radius 1 is 0.648 bits per heavy atom. The standard InChI is InChI=1S/C25H33FO8.C25H31FO8.C2H7P/c2*1-15-25(4,26)11-10-18(27)22-19(33-24(2,3)34-22)9-7-8-16-12-17(30-6)13-20(31-14-29-5)21(16)23(28)32-15;1-3-2/h7-8,10-13,15,18-19,22,27H,9,14H2,1-6H3;7-8,10-13,15,19,22H,9,14H2,1-6H3;3H,1-2H3/b2*8-7+,11-10-;. The lowest BCUT2D eigenvalue weighted by Gasteiger charge is -2.26. The topological polar surface area (TPSA) is 182 Å². The van der Waals surface area contributed by atoms with Gasteiger partial charge in [0.25, 0.3) is 0 Å². The molecule has 0 aromatic heterocycles. The van der Waals surface area contributed by atoms with Crippen molar-refractivity contribution < 1.29 is 85.1 Å². The highest BCUT2D eigenvalue weighted by Gasteiger charge is 2.46. The Bertz CT molecular complexity index is 2260. The third-order valence-corrected chi connectivity index (χ3v) is 11.5. The number of benzene rings is 2. The van der Waals surface area contributed by atoms with Gasteiger partial charge in [0.1, 0.15) is 64.6 Å². The molecule has 6 rings (SSSR count). The Balaban J connectivity index is 0.000000292. The summed E-state index contributed by atoms with van der Waals surface area (Å²) in [7, 11) is 6.96. The van der Waals surface area contributed by atoms with E-state index >= 15 is 8.78 Å². The van der Waals surface area contributed by atoms with Crippen LogP contribution in [0.1, 0.15) is 100 Å². The number of fused-ring (bicyclic) bond motifs is 4. The molecule has 4 aliphatic rings. The van der Waals surface area contributed by atoms with Crippen LogP contribution in [0.2, 0.25) is 0 Å². The van der Waals surface area contributed by atoms with Crippen molar-refractivity contribution in [3.8, 4) is 23.0 Å². The van der Waals surface area contributed by atoms with Crippen molar-refractivity contribution in [2.24, 2.45) is 0 Å². The van der Waals surface area contributed by atoms with Crippen LogP contribution >= 0.6 is 8.58 Å². The van der Waals surface area contributed by atoms with Gasteiger partial charge in [-0.05, 0) is 123 Å². The number of carbonyl (C=O) groups excluding carboxylic acids is 3. The number of aliphatic hydroxyl groups is 1. The molecule has 0 radical (unpaired) electrons. The van der Waals surface area contributed by atoms with E-state index in [9.17, 15) is 19.5 Å². The molecule has 4 heterocycles. The van der Waals surface area contributed by atoms with Crippen LogP contribution in [0.15, 0.2) is 60.7 Å². The molecule has 0 saturated carbocycles. The summed E-state index contributed by atoms with van der Waals surface area (Å²) in [5.74, 6) is -2.66. The zero-order valence-electron chi connectivity index (χ0n) is 43.1. The van der Waals surface area contributed by atoms with Gasteiger partial charge >= 0.3 is 11.9 Å². The number of aliphatic hydroxyl groups excluding tert-OH is 1. The van der Waals surface area contributed by atoms with Crippen molar-refractivity contribution in [2.75, 3.05) is 55.4 Å². The number of halogens is 2. The largest absolute Gasteiger partial charge is 0.497 e. The van der Waals surface area contributed by atoms with Crippen molar-refractivity contribution in [3.05, 3.63) is 83.0 Å². The molecule has 16 nitrogen and oxygen atoms in total. The van der Waals surface area contributed by atoms with E-state index in [1.807, 2.05) is 0 Å². The van der Waals surface area contributed by atoms with Crippen molar-refractivity contribution in [2.45, 2.75) is 134 Å². The number of rotatable bonds is 8. The van der Waals surface area contributed by atoms with E-state index in [-0.39, 0.29) is 36.2 Å². The van der Waals surface area contributed by atoms with Gasteiger partial charge in [-0.2, -0.15) is 0 Å². The summed E-state index contributed by atoms with van der Waals surface area (Å²) >= 11 is 0. The lowest BCUT2D eigenvalue weighted by atomic mass is 9.97. The SMILES string of the molecule is COCOc1cc(OC)cc2c1C(=O)OC(C)C(C)(F)/C=C\C(=O)C1OC(C)(C)OC1C/C=C/2.COCOc1cc(OC)cc2c1C(=O)OC(C)C(C)(F)/C=C\C(O)C1OC(C)(C)OC1C/C=C/2.CPC. The van der Waals surface area contributed by atoms with Crippen molar-refractivity contribution in [1.82, 2.24) is 0 Å². The summed E-state index contributed by atoms with van der Waals surface area (Å²) in [5.41, 5.74) is -3.12. The van der Waals surface area contributed by atoms with Gasteiger partial charge in [-0.15, -0.1) is 8.58 Å². The molecule has 9 atom stereocenters. The number of ether oxygens (including phenoxy) is 12. The zero-order valence-corrected chi connectivity index (χ0v) is 44.1. The minimum atomic E-state index is -2.13. The molecule has 19 heteroatoms. The molecule has 2 aromatic rings. The number of hydrogen-bond acceptors (Lipinski definition) is 16. The van der Waals surface area contributed by atoms with Gasteiger partial charge in [-0.1, -0.05) is 30.4 Å². The van der Waals surface area contributed by atoms with E-state index in [2.05, 4.69) is 13.3 Å². The Morgan fingerprint density at radius 2 is 1.08 bits per heavy atom. The van der Waals surface area contributed by atoms with Crippen LogP contribution in [0.4, 0.5) is 8.78 Å². The fourth-order valence-electron chi connectivity index (χ4n) is 7.55. The van der Waals surface area contributed by atoms with Crippen LogP contribution in [0.25, 0.3) is 12.2 Å². The monoisotopic (exact) mass is 1020 g/mol. The van der Waals surface area contributed by atoms with Crippen LogP contribution in [0, 0.1) is 0 Å². The maximum absolute atomic E-state index is 15.4. The first-order chi connectivity index (χ1) is 33.4. The maximum atomic E-state index is 15.4. The normalized spacial score (nSPS) is 30.9. The van der Waals surface area contributed by atoms with E-state index < -0.39 is 83.4 Å². The summed E-state index contributed by atoms with van der Waals surface area (Å²) in [4.78, 5) is 39.2. The van der Waals surface area contributed by atoms with E-state index in [0.717, 1.165) is 20.7 Å². The molecule has 0 bridgehead atoms. The number of cyclic esters (lactones) is 2. The average molecular weight is 1020 g/mol. The number of hydrogen-bond donors (Lipinski definition) is 1. The predicted octanol–water partition coefficient (Wildman–Crippen LogP) is 8.74. The number of methoxy groups -OCH3 is 4. The molecule has 0 aliphatic carbocycles. The highest BCUT2D eigenvalue weighted by Crippen LogP contribution is 2.38. The smallest absolute Gasteiger partial charge is 0.342 e. The molecule has 9 unspecified atom stereocenters. The number of ketones is 1. The summed E-state index contributed by atoms with van der Waals surface area (Å²) in [6, 6.07) is 6.36. The Labute approximate surface area is 417 Å². The average Bonchev–Trinajstić information content (AvgIpc) is 3.80. The third kappa shape index (κ3) is 16.1. The number of carbonyl (C=O) groups is 3. The number of alkyl halides is 2. The minimum absolute atomic E-state index is 0.0920. The van der Waals surface area contributed by atoms with Gasteiger partial charge < -0.3 is 61.9 Å². The molecule has 0 spiro atoms. The number of esters is 2. The first-order valence-corrected chi connectivity index (χ1v) is 25.1. The molecule has 394 valence electrons. The maximum Gasteiger partial charge on any atom is 0.342 e. The van der Waals surface area contributed by atoms with Gasteiger partial charge in [0, 0.05) is 26.4 Å². The second-order valence-electron chi connectivity index (χ2n) is 18.3. The Hall–Kier alpha value is -4.78. The van der Waals surface area contributed by atoms with E-state index in [0.29, 0.717) is 35.5 Å². The highest BCUT2D eigenvalue weighted by atomic mass is 31.1. The summed E-state index contributed by atoms with van der Waals surface area (Å²) < 4.78 is 97.2. The quantitative estimate of drug-likeness (QED) is 0.115. The predicted molar refractivity (Wildman–Crippen MR) is 264 cm³/mol. The van der Waals surface area contributed by atoms with Crippen LogP contribution in [0.5, 0.6) is 23.0 Å². The summed E-state index contributed by atoms with van der Waals surface area (Å²) in [6.07, 6.45) is 6.09. The molecule has 2 saturated heterocycles. The molecular formula is C52H71F2O16P. The van der Waals surface area contributed by atoms with Crippen LogP contribution in [-0.4, -0.2) is 144 Å². The van der Waals surface area contributed by atoms with E-state index in [1.54, 1.807) is 64.1 Å². The van der Waals surface area contributed by atoms with Crippen molar-refractivity contribution in [3.63, 3.8) is 0 Å². The Kier molecular flexibility index (Phi) is 21.3. The van der Waals surface area contributed by atoms with E-state index in [4.69, 9.17) is 56.8 Å². The highest BCUT2D eigenvalue weighted by molar-refractivity contribution is 7.35. The lowest BCUT2D eigenvalue weighted by Crippen LogP contribution is -2.37. The van der Waals surface area contributed by atoms with Crippen molar-refractivity contribution in [1.29, 1.82) is 0 Å². The molecule has 1 N–H and O–H groups in total. The second kappa shape index (κ2) is 25.7. The van der Waals surface area contributed by atoms with Gasteiger partial charge in [0.15, 0.2) is 42.3 Å². The molecule has 0 amide bonds. The van der Waals surface area contributed by atoms with Crippen molar-refractivity contribution >= 4 is 38.5 Å². The molecule has 4 aliphatic heterocycles. The molecule has 71 heavy (non-hydrogen) atoms. The Morgan fingerprint density at radius 3 is 1.55 bits per heavy atom. The molecule has 2 aromatic carbocycles. The second-order valence-corrected chi connectivity index (χ2v) is 19.3. The first kappa shape index (κ1) is 58.8. The van der Waals surface area contributed by atoms with Crippen LogP contribution in [0.3, 0.4) is 0 Å².